The molecule has 2 aromatic rings. The van der Waals surface area contributed by atoms with Crippen LogP contribution in [0.3, 0.4) is 0 Å². The van der Waals surface area contributed by atoms with Crippen LogP contribution in [0.25, 0.3) is 11.1 Å². The zero-order valence-electron chi connectivity index (χ0n) is 11.4. The Balaban J connectivity index is 2.21. The van der Waals surface area contributed by atoms with E-state index >= 15 is 0 Å². The maximum Gasteiger partial charge on any atom is 0.0314 e. The van der Waals surface area contributed by atoms with Crippen LogP contribution in [-0.4, -0.2) is 14.8 Å². The Hall–Kier alpha value is -1.73. The Labute approximate surface area is 117 Å². The van der Waals surface area contributed by atoms with E-state index in [0.29, 0.717) is 0 Å². The summed E-state index contributed by atoms with van der Waals surface area (Å²) in [7, 11) is 0.848. The third-order valence-corrected chi connectivity index (χ3v) is 5.02. The lowest BCUT2D eigenvalue weighted by molar-refractivity contribution is 0.887. The lowest BCUT2D eigenvalue weighted by Gasteiger charge is -2.22. The van der Waals surface area contributed by atoms with Crippen molar-refractivity contribution >= 4 is 25.9 Å². The molecule has 0 aromatic heterocycles. The summed E-state index contributed by atoms with van der Waals surface area (Å²) in [5, 5.41) is 0.243. The van der Waals surface area contributed by atoms with Gasteiger partial charge in [0.05, 0.1) is 0 Å². The van der Waals surface area contributed by atoms with Crippen molar-refractivity contribution in [2.24, 2.45) is 0 Å². The van der Waals surface area contributed by atoms with Gasteiger partial charge in [0.1, 0.15) is 0 Å². The molecule has 0 saturated carbocycles. The summed E-state index contributed by atoms with van der Waals surface area (Å²) in [6.07, 6.45) is 0. The van der Waals surface area contributed by atoms with Crippen molar-refractivity contribution in [2.45, 2.75) is 18.9 Å². The quantitative estimate of drug-likeness (QED) is 0.706. The molecule has 0 saturated heterocycles. The summed E-state index contributed by atoms with van der Waals surface area (Å²) in [6.45, 7) is 4.69. The Bertz CT molecular complexity index is 634. The summed E-state index contributed by atoms with van der Waals surface area (Å²) in [6, 6.07) is 21.5. The molecule has 0 atom stereocenters. The molecule has 1 heterocycles. The molecule has 2 aromatic carbocycles. The lowest BCUT2D eigenvalue weighted by Crippen LogP contribution is -2.06. The van der Waals surface area contributed by atoms with Crippen LogP contribution in [0.4, 0.5) is 0 Å². The second-order valence-corrected chi connectivity index (χ2v) is 7.26. The highest BCUT2D eigenvalue weighted by Gasteiger charge is 2.29. The summed E-state index contributed by atoms with van der Waals surface area (Å²) >= 11 is 0. The third-order valence-electron chi connectivity index (χ3n) is 3.62. The Morgan fingerprint density at radius 3 is 1.84 bits per heavy atom. The van der Waals surface area contributed by atoms with Crippen LogP contribution in [0, 0.1) is 0 Å². The van der Waals surface area contributed by atoms with E-state index in [0.717, 1.165) is 9.13 Å². The zero-order valence-corrected chi connectivity index (χ0v) is 12.4. The van der Waals surface area contributed by atoms with Crippen LogP contribution < -0.4 is 0 Å². The van der Waals surface area contributed by atoms with Crippen LogP contribution in [-0.2, 0) is 0 Å². The van der Waals surface area contributed by atoms with Gasteiger partial charge in [-0.2, -0.15) is 0 Å². The van der Waals surface area contributed by atoms with E-state index in [4.69, 9.17) is 0 Å². The van der Waals surface area contributed by atoms with E-state index < -0.39 is 0 Å². The van der Waals surface area contributed by atoms with Gasteiger partial charge in [0.2, 0.25) is 0 Å². The molecule has 1 aliphatic heterocycles. The fourth-order valence-corrected chi connectivity index (χ4v) is 3.94. The molecule has 3 rings (SSSR count). The number of hydrogen-bond donors (Lipinski definition) is 0. The molecular weight excluding hydrogens is 244 g/mol. The van der Waals surface area contributed by atoms with Gasteiger partial charge in [0.15, 0.2) is 0 Å². The first-order valence-electron chi connectivity index (χ1n) is 6.65. The van der Waals surface area contributed by atoms with Crippen molar-refractivity contribution < 1.29 is 0 Å². The molecule has 1 heteroatoms. The van der Waals surface area contributed by atoms with Crippen LogP contribution in [0.2, 0.25) is 5.04 Å². The van der Waals surface area contributed by atoms with E-state index in [1.54, 1.807) is 0 Å². The van der Waals surface area contributed by atoms with Gasteiger partial charge >= 0.3 is 0 Å². The van der Waals surface area contributed by atoms with Gasteiger partial charge in [0.25, 0.3) is 0 Å². The molecule has 0 nitrogen and oxygen atoms in total. The fourth-order valence-electron chi connectivity index (χ4n) is 2.70. The number of benzene rings is 2. The molecule has 0 amide bonds. The smallest absolute Gasteiger partial charge is 0.0314 e. The summed E-state index contributed by atoms with van der Waals surface area (Å²) in [5.74, 6) is 0. The summed E-state index contributed by atoms with van der Waals surface area (Å²) < 4.78 is 0. The van der Waals surface area contributed by atoms with Gasteiger partial charge < -0.3 is 0 Å². The highest BCUT2D eigenvalue weighted by Crippen LogP contribution is 2.46. The van der Waals surface area contributed by atoms with E-state index in [2.05, 4.69) is 80.2 Å². The van der Waals surface area contributed by atoms with E-state index in [-0.39, 0.29) is 5.04 Å². The highest BCUT2D eigenvalue weighted by molar-refractivity contribution is 6.67. The van der Waals surface area contributed by atoms with E-state index in [1.807, 2.05) is 0 Å². The van der Waals surface area contributed by atoms with Gasteiger partial charge in [-0.25, -0.2) is 0 Å². The topological polar surface area (TPSA) is 0 Å². The second kappa shape index (κ2) is 4.75. The Morgan fingerprint density at radius 1 is 0.737 bits per heavy atom. The normalized spacial score (nSPS) is 16.9. The largest absolute Gasteiger partial charge is 0.0724 e. The molecular formula is C18H17Si. The SMILES string of the molecule is CC1(C)[Si]=CC(c2ccccc2)=C1c1ccccc1. The van der Waals surface area contributed by atoms with Crippen LogP contribution in [0.15, 0.2) is 60.7 Å². The number of allylic oxidation sites excluding steroid dienone is 2. The van der Waals surface area contributed by atoms with Crippen LogP contribution in [0.1, 0.15) is 25.0 Å². The molecule has 19 heavy (non-hydrogen) atoms. The van der Waals surface area contributed by atoms with Gasteiger partial charge in [-0.15, -0.1) is 0 Å². The van der Waals surface area contributed by atoms with Crippen molar-refractivity contribution in [3.63, 3.8) is 0 Å². The average molecular weight is 261 g/mol. The summed E-state index contributed by atoms with van der Waals surface area (Å²) in [4.78, 5) is 0. The highest BCUT2D eigenvalue weighted by atomic mass is 28.2. The second-order valence-electron chi connectivity index (χ2n) is 5.43. The predicted molar refractivity (Wildman–Crippen MR) is 85.6 cm³/mol. The van der Waals surface area contributed by atoms with Gasteiger partial charge in [-0.05, 0) is 27.3 Å². The first kappa shape index (κ1) is 12.3. The monoisotopic (exact) mass is 261 g/mol. The van der Waals surface area contributed by atoms with Crippen LogP contribution in [0.5, 0.6) is 0 Å². The van der Waals surface area contributed by atoms with Crippen molar-refractivity contribution in [3.8, 4) is 0 Å². The van der Waals surface area contributed by atoms with E-state index in [9.17, 15) is 0 Å². The molecule has 0 fully saturated rings. The molecule has 0 N–H and O–H groups in total. The minimum atomic E-state index is 0.243. The standard InChI is InChI=1S/C18H17Si/c1-18(2)17(15-11-7-4-8-12-15)16(13-19-18)14-9-5-3-6-10-14/h3-13H,1-2H3. The van der Waals surface area contributed by atoms with E-state index in [1.165, 1.54) is 22.3 Å². The van der Waals surface area contributed by atoms with Gasteiger partial charge in [-0.3, -0.25) is 0 Å². The predicted octanol–water partition coefficient (Wildman–Crippen LogP) is 4.32. The number of rotatable bonds is 2. The van der Waals surface area contributed by atoms with Crippen molar-refractivity contribution in [2.75, 3.05) is 0 Å². The molecule has 93 valence electrons. The molecule has 1 radical (unpaired) electrons. The first-order valence-corrected chi connectivity index (χ1v) is 7.73. The van der Waals surface area contributed by atoms with Crippen molar-refractivity contribution in [1.82, 2.24) is 0 Å². The Morgan fingerprint density at radius 2 is 1.26 bits per heavy atom. The maximum absolute atomic E-state index is 2.41. The van der Waals surface area contributed by atoms with Gasteiger partial charge in [0, 0.05) is 9.13 Å². The molecule has 0 aliphatic carbocycles. The van der Waals surface area contributed by atoms with Crippen molar-refractivity contribution in [3.05, 3.63) is 71.8 Å². The fraction of sp³-hybridized carbons (Fsp3) is 0.167. The van der Waals surface area contributed by atoms with Gasteiger partial charge in [-0.1, -0.05) is 80.2 Å². The minimum Gasteiger partial charge on any atom is -0.0724 e. The maximum atomic E-state index is 2.41. The number of hydrogen-bond acceptors (Lipinski definition) is 0. The molecule has 0 unspecified atom stereocenters. The van der Waals surface area contributed by atoms with Crippen LogP contribution >= 0.6 is 0 Å². The zero-order chi connectivity index (χ0) is 13.3. The summed E-state index contributed by atoms with van der Waals surface area (Å²) in [5.41, 5.74) is 8.00. The first-order chi connectivity index (χ1) is 9.18. The molecule has 0 bridgehead atoms. The average Bonchev–Trinajstić information content (AvgIpc) is 2.76. The molecule has 0 spiro atoms. The molecule has 1 aliphatic rings. The minimum absolute atomic E-state index is 0.243. The Kier molecular flexibility index (Phi) is 3.07. The lowest BCUT2D eigenvalue weighted by atomic mass is 9.88. The third kappa shape index (κ3) is 2.26. The van der Waals surface area contributed by atoms with Crippen molar-refractivity contribution in [1.29, 1.82) is 0 Å².